The number of nitriles is 1. The molecule has 1 heterocycles. The lowest BCUT2D eigenvalue weighted by atomic mass is 10.2. The first-order valence-corrected chi connectivity index (χ1v) is 7.42. The SMILES string of the molecule is N#CCn1c(COC(=O)c2ccccc2O)nc2ccccc2c1=O. The molecule has 3 aromatic rings. The van der Waals surface area contributed by atoms with E-state index in [-0.39, 0.29) is 35.8 Å². The zero-order valence-electron chi connectivity index (χ0n) is 13.0. The lowest BCUT2D eigenvalue weighted by Gasteiger charge is -2.11. The van der Waals surface area contributed by atoms with E-state index in [1.54, 1.807) is 36.4 Å². The fraction of sp³-hybridized carbons (Fsp3) is 0.111. The summed E-state index contributed by atoms with van der Waals surface area (Å²) in [6, 6.07) is 14.6. The quantitative estimate of drug-likeness (QED) is 0.731. The number of carbonyl (C=O) groups is 1. The molecule has 0 aliphatic rings. The van der Waals surface area contributed by atoms with E-state index in [1.807, 2.05) is 6.07 Å². The van der Waals surface area contributed by atoms with Gasteiger partial charge in [-0.05, 0) is 24.3 Å². The van der Waals surface area contributed by atoms with Crippen LogP contribution in [-0.2, 0) is 17.9 Å². The molecule has 0 amide bonds. The standard InChI is InChI=1S/C18H13N3O4/c19-9-10-21-16(20-14-7-3-1-5-12(14)17(21)23)11-25-18(24)13-6-2-4-8-15(13)22/h1-8,22H,10-11H2. The smallest absolute Gasteiger partial charge is 0.342 e. The van der Waals surface area contributed by atoms with Crippen molar-refractivity contribution in [2.45, 2.75) is 13.2 Å². The van der Waals surface area contributed by atoms with Gasteiger partial charge in [-0.2, -0.15) is 5.26 Å². The molecule has 25 heavy (non-hydrogen) atoms. The minimum atomic E-state index is -0.746. The Labute approximate surface area is 142 Å². The predicted octanol–water partition coefficient (Wildman–Crippen LogP) is 1.98. The number of aromatic hydroxyl groups is 1. The van der Waals surface area contributed by atoms with Gasteiger partial charge in [-0.15, -0.1) is 0 Å². The summed E-state index contributed by atoms with van der Waals surface area (Å²) in [5.74, 6) is -0.786. The monoisotopic (exact) mass is 335 g/mol. The van der Waals surface area contributed by atoms with Crippen LogP contribution in [0, 0.1) is 11.3 Å². The highest BCUT2D eigenvalue weighted by Crippen LogP contribution is 2.17. The Bertz CT molecular complexity index is 1050. The number of phenolic OH excluding ortho intramolecular Hbond substituents is 1. The Morgan fingerprint density at radius 1 is 1.20 bits per heavy atom. The van der Waals surface area contributed by atoms with Crippen molar-refractivity contribution in [3.63, 3.8) is 0 Å². The number of rotatable bonds is 4. The second-order valence-electron chi connectivity index (χ2n) is 5.19. The average Bonchev–Trinajstić information content (AvgIpc) is 2.63. The van der Waals surface area contributed by atoms with Gasteiger partial charge < -0.3 is 9.84 Å². The van der Waals surface area contributed by atoms with E-state index in [1.165, 1.54) is 16.7 Å². The summed E-state index contributed by atoms with van der Waals surface area (Å²) in [5, 5.41) is 19.0. The Balaban J connectivity index is 1.94. The van der Waals surface area contributed by atoms with Crippen molar-refractivity contribution < 1.29 is 14.6 Å². The second kappa shape index (κ2) is 6.84. The molecule has 3 rings (SSSR count). The van der Waals surface area contributed by atoms with Crippen LogP contribution in [0.15, 0.2) is 53.3 Å². The third-order valence-corrected chi connectivity index (χ3v) is 3.63. The topological polar surface area (TPSA) is 105 Å². The number of carbonyl (C=O) groups excluding carboxylic acids is 1. The molecule has 0 radical (unpaired) electrons. The summed E-state index contributed by atoms with van der Waals surface area (Å²) in [6.45, 7) is -0.505. The van der Waals surface area contributed by atoms with Crippen LogP contribution < -0.4 is 5.56 Å². The van der Waals surface area contributed by atoms with E-state index >= 15 is 0 Å². The average molecular weight is 335 g/mol. The fourth-order valence-corrected chi connectivity index (χ4v) is 2.41. The highest BCUT2D eigenvalue weighted by atomic mass is 16.5. The van der Waals surface area contributed by atoms with Crippen LogP contribution in [0.2, 0.25) is 0 Å². The van der Waals surface area contributed by atoms with Crippen molar-refractivity contribution in [2.24, 2.45) is 0 Å². The molecule has 0 saturated heterocycles. The normalized spacial score (nSPS) is 10.4. The van der Waals surface area contributed by atoms with Crippen LogP contribution in [-0.4, -0.2) is 20.6 Å². The summed E-state index contributed by atoms with van der Waals surface area (Å²) in [4.78, 5) is 28.9. The summed E-state index contributed by atoms with van der Waals surface area (Å²) in [7, 11) is 0. The molecule has 7 nitrogen and oxygen atoms in total. The van der Waals surface area contributed by atoms with E-state index in [9.17, 15) is 14.7 Å². The Morgan fingerprint density at radius 3 is 2.68 bits per heavy atom. The molecule has 0 aliphatic carbocycles. The maximum Gasteiger partial charge on any atom is 0.342 e. The third kappa shape index (κ3) is 3.19. The molecule has 0 fully saturated rings. The first-order chi connectivity index (χ1) is 12.1. The lowest BCUT2D eigenvalue weighted by Crippen LogP contribution is -2.26. The minimum Gasteiger partial charge on any atom is -0.507 e. The van der Waals surface area contributed by atoms with Crippen LogP contribution >= 0.6 is 0 Å². The molecule has 124 valence electrons. The Kier molecular flexibility index (Phi) is 4.44. The maximum absolute atomic E-state index is 12.5. The number of hydrogen-bond acceptors (Lipinski definition) is 6. The van der Waals surface area contributed by atoms with Crippen LogP contribution in [0.4, 0.5) is 0 Å². The number of esters is 1. The van der Waals surface area contributed by atoms with Crippen LogP contribution in [0.5, 0.6) is 5.75 Å². The number of hydrogen-bond donors (Lipinski definition) is 1. The van der Waals surface area contributed by atoms with Crippen molar-refractivity contribution in [1.82, 2.24) is 9.55 Å². The summed E-state index contributed by atoms with van der Waals surface area (Å²) in [5.41, 5.74) is 0.0912. The summed E-state index contributed by atoms with van der Waals surface area (Å²) in [6.07, 6.45) is 0. The predicted molar refractivity (Wildman–Crippen MR) is 88.8 cm³/mol. The van der Waals surface area contributed by atoms with Gasteiger partial charge in [0.05, 0.1) is 17.0 Å². The van der Waals surface area contributed by atoms with Crippen molar-refractivity contribution in [2.75, 3.05) is 0 Å². The van der Waals surface area contributed by atoms with Crippen molar-refractivity contribution >= 4 is 16.9 Å². The Morgan fingerprint density at radius 2 is 1.92 bits per heavy atom. The number of nitrogens with zero attached hydrogens (tertiary/aromatic N) is 3. The molecule has 0 bridgehead atoms. The van der Waals surface area contributed by atoms with E-state index in [2.05, 4.69) is 4.98 Å². The van der Waals surface area contributed by atoms with Crippen LogP contribution in [0.1, 0.15) is 16.2 Å². The number of fused-ring (bicyclic) bond motifs is 1. The highest BCUT2D eigenvalue weighted by molar-refractivity contribution is 5.92. The van der Waals surface area contributed by atoms with Crippen molar-refractivity contribution in [3.8, 4) is 11.8 Å². The first kappa shape index (κ1) is 16.2. The molecule has 1 N–H and O–H groups in total. The van der Waals surface area contributed by atoms with Gasteiger partial charge >= 0.3 is 5.97 Å². The summed E-state index contributed by atoms with van der Waals surface area (Å²) >= 11 is 0. The molecular formula is C18H13N3O4. The van der Waals surface area contributed by atoms with Gasteiger partial charge in [0.15, 0.2) is 5.82 Å². The van der Waals surface area contributed by atoms with Gasteiger partial charge in [-0.25, -0.2) is 9.78 Å². The molecule has 0 unspecified atom stereocenters. The second-order valence-corrected chi connectivity index (χ2v) is 5.19. The van der Waals surface area contributed by atoms with Gasteiger partial charge in [0.25, 0.3) is 5.56 Å². The van der Waals surface area contributed by atoms with E-state index in [4.69, 9.17) is 10.00 Å². The van der Waals surface area contributed by atoms with Gasteiger partial charge in [0.1, 0.15) is 24.5 Å². The van der Waals surface area contributed by atoms with E-state index < -0.39 is 5.97 Å². The minimum absolute atomic E-state index is 0.0115. The molecule has 1 aromatic heterocycles. The molecule has 0 atom stereocenters. The third-order valence-electron chi connectivity index (χ3n) is 3.63. The van der Waals surface area contributed by atoms with Crippen molar-refractivity contribution in [3.05, 3.63) is 70.3 Å². The molecule has 7 heteroatoms. The van der Waals surface area contributed by atoms with Crippen LogP contribution in [0.25, 0.3) is 10.9 Å². The number of phenols is 1. The van der Waals surface area contributed by atoms with Crippen LogP contribution in [0.3, 0.4) is 0 Å². The first-order valence-electron chi connectivity index (χ1n) is 7.42. The largest absolute Gasteiger partial charge is 0.507 e. The molecule has 0 aliphatic heterocycles. The zero-order chi connectivity index (χ0) is 17.8. The van der Waals surface area contributed by atoms with E-state index in [0.717, 1.165) is 0 Å². The molecule has 2 aromatic carbocycles. The summed E-state index contributed by atoms with van der Waals surface area (Å²) < 4.78 is 6.32. The lowest BCUT2D eigenvalue weighted by molar-refractivity contribution is 0.0454. The number of aromatic nitrogens is 2. The number of ether oxygens (including phenoxy) is 1. The van der Waals surface area contributed by atoms with Gasteiger partial charge in [-0.1, -0.05) is 24.3 Å². The molecule has 0 saturated carbocycles. The molecule has 0 spiro atoms. The van der Waals surface area contributed by atoms with Gasteiger partial charge in [0.2, 0.25) is 0 Å². The maximum atomic E-state index is 12.5. The molecular weight excluding hydrogens is 322 g/mol. The number of para-hydroxylation sites is 2. The van der Waals surface area contributed by atoms with Gasteiger partial charge in [0, 0.05) is 0 Å². The fourth-order valence-electron chi connectivity index (χ4n) is 2.41. The zero-order valence-corrected chi connectivity index (χ0v) is 13.0. The Hall–Kier alpha value is -3.66. The number of benzene rings is 2. The van der Waals surface area contributed by atoms with Gasteiger partial charge in [-0.3, -0.25) is 9.36 Å². The van der Waals surface area contributed by atoms with E-state index in [0.29, 0.717) is 10.9 Å². The highest BCUT2D eigenvalue weighted by Gasteiger charge is 2.15. The van der Waals surface area contributed by atoms with Crippen molar-refractivity contribution in [1.29, 1.82) is 5.26 Å².